The molecular weight excluding hydrogens is 219 g/mol. The standard InChI is InChI=1S/C14H21FO2/c1-10(2)5-4-8-17-14-9-12(15)6-7-13(14)11(3)16/h6-7,9-11,16H,4-5,8H2,1-3H3. The normalized spacial score (nSPS) is 12.8. The SMILES string of the molecule is CC(C)CCCOc1cc(F)ccc1C(C)O. The van der Waals surface area contributed by atoms with Gasteiger partial charge in [-0.3, -0.25) is 0 Å². The minimum Gasteiger partial charge on any atom is -0.493 e. The van der Waals surface area contributed by atoms with Gasteiger partial charge in [-0.1, -0.05) is 13.8 Å². The van der Waals surface area contributed by atoms with E-state index < -0.39 is 6.10 Å². The van der Waals surface area contributed by atoms with Gasteiger partial charge in [0.25, 0.3) is 0 Å². The second-order valence-electron chi connectivity index (χ2n) is 4.74. The van der Waals surface area contributed by atoms with Crippen LogP contribution in [0.3, 0.4) is 0 Å². The fourth-order valence-electron chi connectivity index (χ4n) is 1.65. The molecule has 0 heterocycles. The number of ether oxygens (including phenoxy) is 1. The highest BCUT2D eigenvalue weighted by Crippen LogP contribution is 2.26. The number of hydrogen-bond donors (Lipinski definition) is 1. The Hall–Kier alpha value is -1.09. The molecule has 0 aliphatic heterocycles. The lowest BCUT2D eigenvalue weighted by atomic mass is 10.1. The van der Waals surface area contributed by atoms with Crippen molar-refractivity contribution in [1.82, 2.24) is 0 Å². The predicted octanol–water partition coefficient (Wildman–Crippen LogP) is 3.69. The maximum atomic E-state index is 13.1. The molecule has 1 rings (SSSR count). The molecule has 0 saturated heterocycles. The molecule has 1 aromatic carbocycles. The van der Waals surface area contributed by atoms with Gasteiger partial charge < -0.3 is 9.84 Å². The maximum Gasteiger partial charge on any atom is 0.127 e. The first-order valence-corrected chi connectivity index (χ1v) is 6.11. The summed E-state index contributed by atoms with van der Waals surface area (Å²) in [7, 11) is 0. The van der Waals surface area contributed by atoms with Gasteiger partial charge in [0, 0.05) is 11.6 Å². The van der Waals surface area contributed by atoms with Crippen molar-refractivity contribution in [3.8, 4) is 5.75 Å². The van der Waals surface area contributed by atoms with Crippen molar-refractivity contribution >= 4 is 0 Å². The van der Waals surface area contributed by atoms with E-state index in [-0.39, 0.29) is 5.82 Å². The molecule has 1 unspecified atom stereocenters. The van der Waals surface area contributed by atoms with E-state index in [0.717, 1.165) is 12.8 Å². The molecule has 1 aromatic rings. The summed E-state index contributed by atoms with van der Waals surface area (Å²) >= 11 is 0. The van der Waals surface area contributed by atoms with Gasteiger partial charge >= 0.3 is 0 Å². The van der Waals surface area contributed by atoms with Crippen molar-refractivity contribution in [2.24, 2.45) is 5.92 Å². The summed E-state index contributed by atoms with van der Waals surface area (Å²) in [6.07, 6.45) is 1.38. The van der Waals surface area contributed by atoms with Crippen molar-refractivity contribution in [3.63, 3.8) is 0 Å². The number of benzene rings is 1. The fourth-order valence-corrected chi connectivity index (χ4v) is 1.65. The van der Waals surface area contributed by atoms with E-state index in [2.05, 4.69) is 13.8 Å². The molecule has 3 heteroatoms. The molecule has 0 aromatic heterocycles. The van der Waals surface area contributed by atoms with E-state index in [1.54, 1.807) is 13.0 Å². The van der Waals surface area contributed by atoms with Crippen LogP contribution >= 0.6 is 0 Å². The van der Waals surface area contributed by atoms with Crippen LogP contribution in [0.15, 0.2) is 18.2 Å². The van der Waals surface area contributed by atoms with Gasteiger partial charge in [0.05, 0.1) is 12.7 Å². The Labute approximate surface area is 102 Å². The molecule has 0 amide bonds. The predicted molar refractivity (Wildman–Crippen MR) is 66.6 cm³/mol. The highest BCUT2D eigenvalue weighted by Gasteiger charge is 2.10. The summed E-state index contributed by atoms with van der Waals surface area (Å²) in [5.74, 6) is 0.749. The average molecular weight is 240 g/mol. The Bertz CT molecular complexity index is 348. The topological polar surface area (TPSA) is 29.5 Å². The first-order valence-electron chi connectivity index (χ1n) is 6.11. The van der Waals surface area contributed by atoms with Crippen LogP contribution < -0.4 is 4.74 Å². The first-order chi connectivity index (χ1) is 8.00. The van der Waals surface area contributed by atoms with Crippen LogP contribution in [0.1, 0.15) is 45.3 Å². The average Bonchev–Trinajstić information content (AvgIpc) is 2.23. The van der Waals surface area contributed by atoms with Crippen LogP contribution in [-0.4, -0.2) is 11.7 Å². The fraction of sp³-hybridized carbons (Fsp3) is 0.571. The van der Waals surface area contributed by atoms with Crippen LogP contribution in [0.2, 0.25) is 0 Å². The lowest BCUT2D eigenvalue weighted by Crippen LogP contribution is -2.04. The van der Waals surface area contributed by atoms with Gasteiger partial charge in [0.1, 0.15) is 11.6 Å². The monoisotopic (exact) mass is 240 g/mol. The molecule has 0 bridgehead atoms. The number of aliphatic hydroxyl groups excluding tert-OH is 1. The van der Waals surface area contributed by atoms with Crippen LogP contribution in [0.25, 0.3) is 0 Å². The van der Waals surface area contributed by atoms with E-state index in [1.807, 2.05) is 0 Å². The summed E-state index contributed by atoms with van der Waals surface area (Å²) < 4.78 is 18.6. The highest BCUT2D eigenvalue weighted by atomic mass is 19.1. The van der Waals surface area contributed by atoms with E-state index >= 15 is 0 Å². The largest absolute Gasteiger partial charge is 0.493 e. The van der Waals surface area contributed by atoms with Crippen molar-refractivity contribution < 1.29 is 14.2 Å². The van der Waals surface area contributed by atoms with Gasteiger partial charge in [0.2, 0.25) is 0 Å². The molecule has 17 heavy (non-hydrogen) atoms. The third kappa shape index (κ3) is 4.73. The molecule has 0 spiro atoms. The second-order valence-corrected chi connectivity index (χ2v) is 4.74. The van der Waals surface area contributed by atoms with E-state index in [4.69, 9.17) is 4.74 Å². The molecule has 0 aliphatic carbocycles. The molecule has 2 nitrogen and oxygen atoms in total. The quantitative estimate of drug-likeness (QED) is 0.768. The Kier molecular flexibility index (Phi) is 5.42. The van der Waals surface area contributed by atoms with Gasteiger partial charge in [-0.2, -0.15) is 0 Å². The van der Waals surface area contributed by atoms with Crippen molar-refractivity contribution in [2.75, 3.05) is 6.61 Å². The van der Waals surface area contributed by atoms with E-state index in [9.17, 15) is 9.50 Å². The van der Waals surface area contributed by atoms with E-state index in [0.29, 0.717) is 23.8 Å². The zero-order chi connectivity index (χ0) is 12.8. The summed E-state index contributed by atoms with van der Waals surface area (Å²) in [5, 5.41) is 9.54. The van der Waals surface area contributed by atoms with Crippen molar-refractivity contribution in [1.29, 1.82) is 0 Å². The van der Waals surface area contributed by atoms with Gasteiger partial charge in [-0.05, 0) is 37.8 Å². The minimum absolute atomic E-state index is 0.340. The van der Waals surface area contributed by atoms with Crippen LogP contribution in [-0.2, 0) is 0 Å². The number of aliphatic hydroxyl groups is 1. The molecule has 0 aliphatic rings. The third-order valence-electron chi connectivity index (χ3n) is 2.61. The van der Waals surface area contributed by atoms with Crippen LogP contribution in [0.5, 0.6) is 5.75 Å². The van der Waals surface area contributed by atoms with E-state index in [1.165, 1.54) is 12.1 Å². The summed E-state index contributed by atoms with van der Waals surface area (Å²) in [6, 6.07) is 4.23. The van der Waals surface area contributed by atoms with Crippen LogP contribution in [0.4, 0.5) is 4.39 Å². The second kappa shape index (κ2) is 6.60. The smallest absolute Gasteiger partial charge is 0.127 e. The first kappa shape index (κ1) is 14.0. The van der Waals surface area contributed by atoms with Gasteiger partial charge in [-0.25, -0.2) is 4.39 Å². The Morgan fingerprint density at radius 3 is 2.59 bits per heavy atom. The van der Waals surface area contributed by atoms with Gasteiger partial charge in [0.15, 0.2) is 0 Å². The molecule has 96 valence electrons. The lowest BCUT2D eigenvalue weighted by molar-refractivity contribution is 0.190. The number of hydrogen-bond acceptors (Lipinski definition) is 2. The maximum absolute atomic E-state index is 13.1. The number of halogens is 1. The molecule has 0 fully saturated rings. The van der Waals surface area contributed by atoms with Crippen molar-refractivity contribution in [2.45, 2.75) is 39.7 Å². The summed E-state index contributed by atoms with van der Waals surface area (Å²) in [6.45, 7) is 6.52. The minimum atomic E-state index is -0.643. The molecular formula is C14H21FO2. The van der Waals surface area contributed by atoms with Gasteiger partial charge in [-0.15, -0.1) is 0 Å². The molecule has 1 atom stereocenters. The zero-order valence-corrected chi connectivity index (χ0v) is 10.7. The van der Waals surface area contributed by atoms with Crippen LogP contribution in [0, 0.1) is 11.7 Å². The third-order valence-corrected chi connectivity index (χ3v) is 2.61. The zero-order valence-electron chi connectivity index (χ0n) is 10.7. The Morgan fingerprint density at radius 1 is 1.29 bits per heavy atom. The summed E-state index contributed by atoms with van der Waals surface area (Å²) in [4.78, 5) is 0. The number of rotatable bonds is 6. The lowest BCUT2D eigenvalue weighted by Gasteiger charge is -2.14. The highest BCUT2D eigenvalue weighted by molar-refractivity contribution is 5.35. The molecule has 0 saturated carbocycles. The summed E-state index contributed by atoms with van der Waals surface area (Å²) in [5.41, 5.74) is 0.635. The Balaban J connectivity index is 2.59. The van der Waals surface area contributed by atoms with Crippen molar-refractivity contribution in [3.05, 3.63) is 29.6 Å². The molecule has 1 N–H and O–H groups in total. The molecule has 0 radical (unpaired) electrons. The Morgan fingerprint density at radius 2 is 2.00 bits per heavy atom.